The largest absolute Gasteiger partial charge is 0.756 e. The Hall–Kier alpha value is -1.80. The average Bonchev–Trinajstić information content (AvgIpc) is 3.28. The molecule has 0 aromatic rings. The normalized spacial score (nSPS) is 14.5. The van der Waals surface area contributed by atoms with E-state index in [0.717, 1.165) is 57.8 Å². The molecule has 0 heterocycles. The van der Waals surface area contributed by atoms with Crippen molar-refractivity contribution >= 4 is 13.7 Å². The van der Waals surface area contributed by atoms with Crippen LogP contribution in [0.2, 0.25) is 0 Å². The minimum atomic E-state index is -4.61. The highest BCUT2D eigenvalue weighted by molar-refractivity contribution is 7.45. The van der Waals surface area contributed by atoms with Gasteiger partial charge in [-0.15, -0.1) is 0 Å². The Morgan fingerprint density at radius 3 is 1.41 bits per heavy atom. The second-order valence-electron chi connectivity index (χ2n) is 19.9. The van der Waals surface area contributed by atoms with Gasteiger partial charge in [-0.25, -0.2) is 0 Å². The van der Waals surface area contributed by atoms with Gasteiger partial charge in [0.25, 0.3) is 7.82 Å². The summed E-state index contributed by atoms with van der Waals surface area (Å²) in [5.41, 5.74) is 0. The number of aliphatic hydroxyl groups is 1. The number of unbranched alkanes of at least 4 members (excludes halogenated alkanes) is 29. The van der Waals surface area contributed by atoms with Gasteiger partial charge >= 0.3 is 0 Å². The highest BCUT2D eigenvalue weighted by atomic mass is 31.2. The van der Waals surface area contributed by atoms with E-state index in [1.54, 1.807) is 6.08 Å². The number of carbonyl (C=O) groups excluding carboxylic acids is 1. The molecule has 0 aliphatic rings. The number of quaternary nitrogens is 1. The highest BCUT2D eigenvalue weighted by Crippen LogP contribution is 2.38. The summed E-state index contributed by atoms with van der Waals surface area (Å²) in [7, 11) is 1.22. The first-order chi connectivity index (χ1) is 32.0. The number of phosphoric ester groups is 1. The fraction of sp³-hybridized carbons (Fsp3) is 0.807. The van der Waals surface area contributed by atoms with E-state index in [2.05, 4.69) is 67.8 Å². The van der Waals surface area contributed by atoms with Crippen molar-refractivity contribution < 1.29 is 32.9 Å². The summed E-state index contributed by atoms with van der Waals surface area (Å²) in [5.74, 6) is -0.237. The van der Waals surface area contributed by atoms with E-state index in [4.69, 9.17) is 9.05 Å². The first-order valence-electron chi connectivity index (χ1n) is 27.7. The fourth-order valence-electron chi connectivity index (χ4n) is 7.89. The van der Waals surface area contributed by atoms with Gasteiger partial charge in [0.2, 0.25) is 5.91 Å². The molecule has 386 valence electrons. The van der Waals surface area contributed by atoms with Crippen LogP contribution in [0.1, 0.15) is 245 Å². The lowest BCUT2D eigenvalue weighted by Crippen LogP contribution is -2.45. The van der Waals surface area contributed by atoms with Crippen molar-refractivity contribution in [1.82, 2.24) is 5.32 Å². The van der Waals surface area contributed by atoms with Crippen LogP contribution >= 0.6 is 7.82 Å². The van der Waals surface area contributed by atoms with E-state index in [9.17, 15) is 19.4 Å². The van der Waals surface area contributed by atoms with Gasteiger partial charge in [-0.05, 0) is 64.2 Å². The van der Waals surface area contributed by atoms with Crippen LogP contribution in [0.25, 0.3) is 0 Å². The van der Waals surface area contributed by atoms with Crippen molar-refractivity contribution in [3.8, 4) is 0 Å². The Kier molecular flexibility index (Phi) is 46.9. The van der Waals surface area contributed by atoms with E-state index in [1.165, 1.54) is 161 Å². The van der Waals surface area contributed by atoms with Gasteiger partial charge in [0.05, 0.1) is 39.9 Å². The second kappa shape index (κ2) is 48.2. The van der Waals surface area contributed by atoms with Crippen LogP contribution in [0.4, 0.5) is 0 Å². The molecular formula is C57H107N2O6P. The summed E-state index contributed by atoms with van der Waals surface area (Å²) in [5, 5.41) is 13.8. The third-order valence-electron chi connectivity index (χ3n) is 12.2. The molecule has 0 aliphatic carbocycles. The molecule has 66 heavy (non-hydrogen) atoms. The van der Waals surface area contributed by atoms with E-state index < -0.39 is 26.6 Å². The number of likely N-dealkylation sites (N-methyl/N-ethyl adjacent to an activating group) is 1. The van der Waals surface area contributed by atoms with Gasteiger partial charge in [-0.1, -0.05) is 235 Å². The lowest BCUT2D eigenvalue weighted by Gasteiger charge is -2.29. The molecule has 1 amide bonds. The Balaban J connectivity index is 4.16. The van der Waals surface area contributed by atoms with E-state index >= 15 is 0 Å². The number of phosphoric acid groups is 1. The van der Waals surface area contributed by atoms with E-state index in [1.807, 2.05) is 27.2 Å². The molecule has 0 saturated carbocycles. The van der Waals surface area contributed by atoms with Gasteiger partial charge in [-0.3, -0.25) is 9.36 Å². The topological polar surface area (TPSA) is 108 Å². The van der Waals surface area contributed by atoms with Gasteiger partial charge in [0.15, 0.2) is 0 Å². The Labute approximate surface area is 409 Å². The number of allylic oxidation sites excluding steroid dienone is 9. The van der Waals surface area contributed by atoms with Crippen LogP contribution in [0.5, 0.6) is 0 Å². The number of nitrogens with one attached hydrogen (secondary N) is 1. The molecule has 3 atom stereocenters. The van der Waals surface area contributed by atoms with Crippen molar-refractivity contribution in [2.75, 3.05) is 40.9 Å². The van der Waals surface area contributed by atoms with E-state index in [0.29, 0.717) is 23.9 Å². The Bertz CT molecular complexity index is 1260. The molecule has 8 nitrogen and oxygen atoms in total. The minimum absolute atomic E-state index is 0.0144. The van der Waals surface area contributed by atoms with Crippen molar-refractivity contribution in [2.45, 2.75) is 257 Å². The zero-order valence-corrected chi connectivity index (χ0v) is 44.8. The molecule has 0 aromatic heterocycles. The molecule has 0 spiro atoms. The number of nitrogens with zero attached hydrogens (tertiary/aromatic N) is 1. The first-order valence-corrected chi connectivity index (χ1v) is 29.1. The van der Waals surface area contributed by atoms with Crippen LogP contribution in [-0.4, -0.2) is 68.5 Å². The smallest absolute Gasteiger partial charge is 0.268 e. The molecule has 0 bridgehead atoms. The molecule has 2 N–H and O–H groups in total. The van der Waals surface area contributed by atoms with Gasteiger partial charge in [-0.2, -0.15) is 0 Å². The van der Waals surface area contributed by atoms with Crippen LogP contribution in [-0.2, 0) is 18.4 Å². The molecule has 3 unspecified atom stereocenters. The minimum Gasteiger partial charge on any atom is -0.756 e. The maximum Gasteiger partial charge on any atom is 0.268 e. The molecule has 0 aromatic carbocycles. The second-order valence-corrected chi connectivity index (χ2v) is 21.3. The van der Waals surface area contributed by atoms with Crippen molar-refractivity contribution in [2.24, 2.45) is 0 Å². The summed E-state index contributed by atoms with van der Waals surface area (Å²) in [6, 6.07) is -0.921. The summed E-state index contributed by atoms with van der Waals surface area (Å²) in [4.78, 5) is 25.3. The zero-order chi connectivity index (χ0) is 48.5. The third kappa shape index (κ3) is 50.1. The number of hydrogen-bond donors (Lipinski definition) is 2. The number of aliphatic hydroxyl groups excluding tert-OH is 1. The highest BCUT2D eigenvalue weighted by Gasteiger charge is 2.23. The lowest BCUT2D eigenvalue weighted by molar-refractivity contribution is -0.870. The predicted molar refractivity (Wildman–Crippen MR) is 284 cm³/mol. The average molecular weight is 947 g/mol. The van der Waals surface area contributed by atoms with Crippen LogP contribution in [0, 0.1) is 0 Å². The lowest BCUT2D eigenvalue weighted by atomic mass is 10.0. The van der Waals surface area contributed by atoms with Crippen molar-refractivity contribution in [3.05, 3.63) is 60.8 Å². The van der Waals surface area contributed by atoms with Crippen LogP contribution in [0.15, 0.2) is 60.8 Å². The molecule has 0 saturated heterocycles. The number of carbonyl (C=O) groups is 1. The molecule has 0 rings (SSSR count). The summed E-state index contributed by atoms with van der Waals surface area (Å²) >= 11 is 0. The molecule has 0 radical (unpaired) electrons. The van der Waals surface area contributed by atoms with Gasteiger partial charge in [0.1, 0.15) is 13.2 Å². The van der Waals surface area contributed by atoms with E-state index in [-0.39, 0.29) is 12.5 Å². The van der Waals surface area contributed by atoms with Gasteiger partial charge < -0.3 is 28.8 Å². The van der Waals surface area contributed by atoms with Crippen LogP contribution < -0.4 is 10.2 Å². The number of rotatable bonds is 50. The summed E-state index contributed by atoms with van der Waals surface area (Å²) in [6.07, 6.45) is 64.7. The van der Waals surface area contributed by atoms with Crippen molar-refractivity contribution in [1.29, 1.82) is 0 Å². The van der Waals surface area contributed by atoms with Gasteiger partial charge in [0, 0.05) is 6.42 Å². The maximum absolute atomic E-state index is 12.9. The molecule has 0 aliphatic heterocycles. The Morgan fingerprint density at radius 1 is 0.545 bits per heavy atom. The molecular weight excluding hydrogens is 840 g/mol. The molecule has 9 heteroatoms. The number of amides is 1. The monoisotopic (exact) mass is 947 g/mol. The SMILES string of the molecule is CC/C=C\C/C=C\C/C=C\CCCCCC(=O)NC(COP(=O)([O-])OCC[N+](C)(C)C)C(O)/C=C/CC/C=C/CCCCCCCCCCCCCCCCCCCCCCCCCCC. The van der Waals surface area contributed by atoms with Crippen LogP contribution in [0.3, 0.4) is 0 Å². The Morgan fingerprint density at radius 2 is 0.939 bits per heavy atom. The standard InChI is InChI=1S/C57H107N2O6P/c1-6-8-10-12-14-16-18-20-21-22-23-24-25-26-27-28-29-30-31-32-33-34-35-36-37-39-40-42-44-46-48-50-56(60)55(54-65-66(62,63)64-53-52-59(3,4)5)58-57(61)51-49-47-45-43-41-38-19-17-15-13-11-9-7-2/h9,11,15,17,38,40-42,48,50,55-56,60H,6-8,10,12-14,16,18-37,39,43-47,49,51-54H2,1-5H3,(H-,58,61,62,63)/b11-9-,17-15-,41-38-,42-40+,50-48+. The maximum atomic E-state index is 12.9. The first kappa shape index (κ1) is 64.2. The zero-order valence-electron chi connectivity index (χ0n) is 43.9. The fourth-order valence-corrected chi connectivity index (χ4v) is 8.61. The summed E-state index contributed by atoms with van der Waals surface area (Å²) < 4.78 is 23.2. The summed E-state index contributed by atoms with van der Waals surface area (Å²) in [6.45, 7) is 4.49. The van der Waals surface area contributed by atoms with Crippen molar-refractivity contribution in [3.63, 3.8) is 0 Å². The third-order valence-corrected chi connectivity index (χ3v) is 13.2. The predicted octanol–water partition coefficient (Wildman–Crippen LogP) is 15.9. The quantitative estimate of drug-likeness (QED) is 0.0272. The number of hydrogen-bond acceptors (Lipinski definition) is 6. The molecule has 0 fully saturated rings.